The summed E-state index contributed by atoms with van der Waals surface area (Å²) in [5, 5.41) is 2.03. The second kappa shape index (κ2) is 4.65. The Balaban J connectivity index is 1.81. The maximum Gasteiger partial charge on any atom is 0.191 e. The number of hydrogen-bond acceptors (Lipinski definition) is 3. The fourth-order valence-corrected chi connectivity index (χ4v) is 3.54. The van der Waals surface area contributed by atoms with Gasteiger partial charge in [0.25, 0.3) is 0 Å². The third-order valence-electron chi connectivity index (χ3n) is 3.63. The molecule has 0 bridgehead atoms. The second-order valence-corrected chi connectivity index (χ2v) is 5.84. The molecular weight excluding hydrogens is 230 g/mol. The Morgan fingerprint density at radius 1 is 1.18 bits per heavy atom. The molecule has 0 amide bonds. The summed E-state index contributed by atoms with van der Waals surface area (Å²) in [5.41, 5.74) is 1.96. The third kappa shape index (κ3) is 2.16. The van der Waals surface area contributed by atoms with Crippen molar-refractivity contribution in [3.8, 4) is 0 Å². The van der Waals surface area contributed by atoms with Crippen LogP contribution < -0.4 is 0 Å². The van der Waals surface area contributed by atoms with Gasteiger partial charge in [-0.05, 0) is 43.6 Å². The normalized spacial score (nSPS) is 22.9. The summed E-state index contributed by atoms with van der Waals surface area (Å²) in [5.74, 6) is 0.262. The smallest absolute Gasteiger partial charge is 0.191 e. The molecular formula is C14H17NOS. The minimum absolute atomic E-state index is 0.262. The number of allylic oxidation sites excluding steroid dienone is 1. The average molecular weight is 247 g/mol. The van der Waals surface area contributed by atoms with Crippen molar-refractivity contribution in [1.29, 1.82) is 0 Å². The SMILES string of the molecule is O=C1/C(=C/N2CCCCC2)CCc2sccc21. The van der Waals surface area contributed by atoms with Crippen LogP contribution >= 0.6 is 11.3 Å². The average Bonchev–Trinajstić information content (AvgIpc) is 2.83. The minimum Gasteiger partial charge on any atom is -0.377 e. The molecule has 1 aromatic rings. The zero-order valence-corrected chi connectivity index (χ0v) is 10.8. The number of piperidine rings is 1. The number of fused-ring (bicyclic) bond motifs is 1. The molecule has 2 aliphatic rings. The summed E-state index contributed by atoms with van der Waals surface area (Å²) in [6.07, 6.45) is 7.95. The highest BCUT2D eigenvalue weighted by molar-refractivity contribution is 7.10. The minimum atomic E-state index is 0.262. The van der Waals surface area contributed by atoms with Gasteiger partial charge in [0.1, 0.15) is 0 Å². The fraction of sp³-hybridized carbons (Fsp3) is 0.500. The molecule has 1 aliphatic carbocycles. The molecule has 0 saturated carbocycles. The molecule has 2 nitrogen and oxygen atoms in total. The molecule has 1 aliphatic heterocycles. The van der Waals surface area contributed by atoms with Crippen LogP contribution in [0.25, 0.3) is 0 Å². The predicted octanol–water partition coefficient (Wildman–Crippen LogP) is 3.25. The zero-order valence-electron chi connectivity index (χ0n) is 9.95. The van der Waals surface area contributed by atoms with Gasteiger partial charge in [-0.15, -0.1) is 11.3 Å². The van der Waals surface area contributed by atoms with Crippen LogP contribution in [0.1, 0.15) is 40.9 Å². The first-order chi connectivity index (χ1) is 8.34. The Hall–Kier alpha value is -1.09. The Bertz CT molecular complexity index is 455. The van der Waals surface area contributed by atoms with Gasteiger partial charge in [0.2, 0.25) is 0 Å². The highest BCUT2D eigenvalue weighted by atomic mass is 32.1. The van der Waals surface area contributed by atoms with E-state index in [1.54, 1.807) is 11.3 Å². The lowest BCUT2D eigenvalue weighted by Crippen LogP contribution is -2.26. The van der Waals surface area contributed by atoms with E-state index in [1.165, 1.54) is 24.1 Å². The van der Waals surface area contributed by atoms with Gasteiger partial charge < -0.3 is 4.90 Å². The van der Waals surface area contributed by atoms with Crippen molar-refractivity contribution < 1.29 is 4.79 Å². The van der Waals surface area contributed by atoms with Crippen molar-refractivity contribution in [1.82, 2.24) is 4.90 Å². The van der Waals surface area contributed by atoms with Crippen LogP contribution in [-0.2, 0) is 6.42 Å². The number of likely N-dealkylation sites (tertiary alicyclic amines) is 1. The van der Waals surface area contributed by atoms with Gasteiger partial charge in [-0.2, -0.15) is 0 Å². The van der Waals surface area contributed by atoms with Crippen molar-refractivity contribution in [2.75, 3.05) is 13.1 Å². The number of carbonyl (C=O) groups is 1. The number of nitrogens with zero attached hydrogens (tertiary/aromatic N) is 1. The summed E-state index contributed by atoms with van der Waals surface area (Å²) in [4.78, 5) is 15.9. The molecule has 3 rings (SSSR count). The van der Waals surface area contributed by atoms with E-state index in [0.717, 1.165) is 37.1 Å². The lowest BCUT2D eigenvalue weighted by molar-refractivity contribution is 0.102. The summed E-state index contributed by atoms with van der Waals surface area (Å²) in [6.45, 7) is 2.24. The summed E-state index contributed by atoms with van der Waals surface area (Å²) >= 11 is 1.72. The molecule has 1 saturated heterocycles. The Morgan fingerprint density at radius 3 is 2.82 bits per heavy atom. The van der Waals surface area contributed by atoms with Crippen molar-refractivity contribution in [2.45, 2.75) is 32.1 Å². The van der Waals surface area contributed by atoms with Crippen LogP contribution in [-0.4, -0.2) is 23.8 Å². The second-order valence-electron chi connectivity index (χ2n) is 4.84. The third-order valence-corrected chi connectivity index (χ3v) is 4.61. The van der Waals surface area contributed by atoms with Crippen LogP contribution in [0.3, 0.4) is 0 Å². The Labute approximate surface area is 106 Å². The molecule has 2 heterocycles. The van der Waals surface area contributed by atoms with E-state index in [4.69, 9.17) is 0 Å². The number of carbonyl (C=O) groups excluding carboxylic acids is 1. The first-order valence-corrected chi connectivity index (χ1v) is 7.28. The first kappa shape index (κ1) is 11.0. The highest BCUT2D eigenvalue weighted by Crippen LogP contribution is 2.29. The maximum atomic E-state index is 12.3. The van der Waals surface area contributed by atoms with Crippen molar-refractivity contribution in [3.63, 3.8) is 0 Å². The van der Waals surface area contributed by atoms with E-state index in [-0.39, 0.29) is 5.78 Å². The summed E-state index contributed by atoms with van der Waals surface area (Å²) < 4.78 is 0. The van der Waals surface area contributed by atoms with Crippen LogP contribution in [0.5, 0.6) is 0 Å². The molecule has 0 aromatic carbocycles. The molecule has 0 radical (unpaired) electrons. The Kier molecular flexibility index (Phi) is 3.02. The molecule has 3 heteroatoms. The maximum absolute atomic E-state index is 12.3. The quantitative estimate of drug-likeness (QED) is 0.710. The topological polar surface area (TPSA) is 20.3 Å². The first-order valence-electron chi connectivity index (χ1n) is 6.40. The van der Waals surface area contributed by atoms with E-state index in [2.05, 4.69) is 11.1 Å². The monoisotopic (exact) mass is 247 g/mol. The van der Waals surface area contributed by atoms with Gasteiger partial charge in [0.05, 0.1) is 0 Å². The van der Waals surface area contributed by atoms with Gasteiger partial charge in [-0.3, -0.25) is 4.79 Å². The van der Waals surface area contributed by atoms with Gasteiger partial charge in [-0.25, -0.2) is 0 Å². The van der Waals surface area contributed by atoms with Gasteiger partial charge in [0, 0.05) is 35.3 Å². The number of Topliss-reactive ketones (excluding diaryl/α,β-unsaturated/α-hetero) is 1. The molecule has 0 unspecified atom stereocenters. The largest absolute Gasteiger partial charge is 0.377 e. The van der Waals surface area contributed by atoms with E-state index >= 15 is 0 Å². The van der Waals surface area contributed by atoms with Crippen LogP contribution in [0, 0.1) is 0 Å². The number of thiophene rings is 1. The number of hydrogen-bond donors (Lipinski definition) is 0. The molecule has 17 heavy (non-hydrogen) atoms. The van der Waals surface area contributed by atoms with Crippen LogP contribution in [0.4, 0.5) is 0 Å². The number of aryl methyl sites for hydroxylation is 1. The molecule has 0 atom stereocenters. The molecule has 90 valence electrons. The fourth-order valence-electron chi connectivity index (χ4n) is 2.66. The molecule has 0 spiro atoms. The number of ketones is 1. The van der Waals surface area contributed by atoms with E-state index < -0.39 is 0 Å². The summed E-state index contributed by atoms with van der Waals surface area (Å²) in [6, 6.07) is 1.98. The van der Waals surface area contributed by atoms with Gasteiger partial charge in [-0.1, -0.05) is 0 Å². The number of rotatable bonds is 1. The van der Waals surface area contributed by atoms with Gasteiger partial charge in [0.15, 0.2) is 5.78 Å². The van der Waals surface area contributed by atoms with Crippen molar-refractivity contribution in [2.24, 2.45) is 0 Å². The van der Waals surface area contributed by atoms with Crippen molar-refractivity contribution >= 4 is 17.1 Å². The molecule has 1 aromatic heterocycles. The van der Waals surface area contributed by atoms with Crippen LogP contribution in [0.2, 0.25) is 0 Å². The van der Waals surface area contributed by atoms with Crippen LogP contribution in [0.15, 0.2) is 23.2 Å². The predicted molar refractivity (Wildman–Crippen MR) is 70.5 cm³/mol. The zero-order chi connectivity index (χ0) is 11.7. The Morgan fingerprint density at radius 2 is 2.00 bits per heavy atom. The highest BCUT2D eigenvalue weighted by Gasteiger charge is 2.23. The summed E-state index contributed by atoms with van der Waals surface area (Å²) in [7, 11) is 0. The van der Waals surface area contributed by atoms with E-state index in [0.29, 0.717) is 0 Å². The van der Waals surface area contributed by atoms with Gasteiger partial charge >= 0.3 is 0 Å². The lowest BCUT2D eigenvalue weighted by Gasteiger charge is -2.26. The van der Waals surface area contributed by atoms with E-state index in [9.17, 15) is 4.79 Å². The van der Waals surface area contributed by atoms with E-state index in [1.807, 2.05) is 11.4 Å². The lowest BCUT2D eigenvalue weighted by atomic mass is 9.93. The molecule has 0 N–H and O–H groups in total. The van der Waals surface area contributed by atoms with Crippen molar-refractivity contribution in [3.05, 3.63) is 33.7 Å². The molecule has 1 fully saturated rings. The standard InChI is InChI=1S/C14H17NOS/c16-14-11(10-15-7-2-1-3-8-15)4-5-13-12(14)6-9-17-13/h6,9-10H,1-5,7-8H2/b11-10+.